The number of amides is 4. The minimum absolute atomic E-state index is 0.173. The number of nitrogens with two attached hydrogens (primary N) is 1. The predicted octanol–water partition coefficient (Wildman–Crippen LogP) is 7.89. The summed E-state index contributed by atoms with van der Waals surface area (Å²) in [6.45, 7) is 4.03. The highest BCUT2D eigenvalue weighted by molar-refractivity contribution is 6.29. The van der Waals surface area contributed by atoms with Crippen LogP contribution >= 0.6 is 11.6 Å². The zero-order valence-corrected chi connectivity index (χ0v) is 35.3. The highest BCUT2D eigenvalue weighted by atomic mass is 35.5. The van der Waals surface area contributed by atoms with Gasteiger partial charge in [0.05, 0.1) is 11.1 Å². The third-order valence-corrected chi connectivity index (χ3v) is 8.89. The van der Waals surface area contributed by atoms with Gasteiger partial charge < -0.3 is 31.2 Å². The largest absolute Gasteiger partial charge is 0.457 e. The van der Waals surface area contributed by atoms with Crippen LogP contribution in [0.2, 0.25) is 5.15 Å². The van der Waals surface area contributed by atoms with E-state index < -0.39 is 24.0 Å². The predicted molar refractivity (Wildman–Crippen MR) is 237 cm³/mol. The number of rotatable bonds is 11. The molecule has 5 N–H and O–H groups in total. The molecule has 4 aromatic carbocycles. The number of aromatic nitrogens is 4. The summed E-state index contributed by atoms with van der Waals surface area (Å²) < 4.78 is 10.7. The molecule has 16 nitrogen and oxygen atoms in total. The van der Waals surface area contributed by atoms with Gasteiger partial charge >= 0.3 is 24.0 Å². The lowest BCUT2D eigenvalue weighted by Gasteiger charge is -2.18. The van der Waals surface area contributed by atoms with Gasteiger partial charge in [-0.2, -0.15) is 0 Å². The fraction of sp³-hybridized carbons (Fsp3) is 0.182. The van der Waals surface area contributed by atoms with E-state index in [1.54, 1.807) is 63.6 Å². The fourth-order valence-corrected chi connectivity index (χ4v) is 5.30. The molecule has 0 atom stereocenters. The van der Waals surface area contributed by atoms with Crippen LogP contribution < -0.4 is 31.5 Å². The van der Waals surface area contributed by atoms with E-state index in [2.05, 4.69) is 41.6 Å². The Morgan fingerprint density at radius 2 is 1.03 bits per heavy atom. The summed E-state index contributed by atoms with van der Waals surface area (Å²) in [6, 6.07) is 31.2. The average molecular weight is 847 g/mol. The number of carbonyl (C=O) groups excluding carboxylic acids is 4. The number of benzene rings is 4. The van der Waals surface area contributed by atoms with Crippen molar-refractivity contribution in [1.29, 1.82) is 0 Å². The van der Waals surface area contributed by atoms with E-state index in [-0.39, 0.29) is 18.4 Å². The Balaban J connectivity index is 0.000000258. The number of anilines is 5. The van der Waals surface area contributed by atoms with Crippen LogP contribution in [0.5, 0.6) is 0 Å². The summed E-state index contributed by atoms with van der Waals surface area (Å²) in [5, 5.41) is 8.72. The molecule has 0 fully saturated rings. The summed E-state index contributed by atoms with van der Waals surface area (Å²) in [4.78, 5) is 68.7. The van der Waals surface area contributed by atoms with Gasteiger partial charge in [-0.25, -0.2) is 39.1 Å². The molecule has 0 saturated carbocycles. The van der Waals surface area contributed by atoms with Crippen molar-refractivity contribution >= 4 is 64.4 Å². The summed E-state index contributed by atoms with van der Waals surface area (Å²) in [6.07, 6.45) is 2.65. The lowest BCUT2D eigenvalue weighted by molar-refractivity contribution is 0.0464. The smallest absolute Gasteiger partial charge is 0.338 e. The van der Waals surface area contributed by atoms with E-state index in [4.69, 9.17) is 21.1 Å². The maximum atomic E-state index is 12.7. The second-order valence-corrected chi connectivity index (χ2v) is 13.3. The van der Waals surface area contributed by atoms with E-state index >= 15 is 0 Å². The SMILES string of the molecule is CN.CNc1cc(N(C)C(=O)Nc2cc(C(=O)OCc3ccccc3)ccc2C)ncn1.Cc1ccc(C(=O)OCc2ccccc2)cc1NC(=O)N(C)c1cc(Cl)ncn1. The van der Waals surface area contributed by atoms with Gasteiger partial charge in [0, 0.05) is 44.7 Å². The molecule has 0 aliphatic carbocycles. The number of carbonyl (C=O) groups is 4. The Kier molecular flexibility index (Phi) is 17.6. The fourth-order valence-electron chi connectivity index (χ4n) is 5.16. The number of aryl methyl sites for hydroxylation is 2. The van der Waals surface area contributed by atoms with Crippen LogP contribution in [0.25, 0.3) is 0 Å². The Labute approximate surface area is 359 Å². The number of hydrogen-bond donors (Lipinski definition) is 4. The van der Waals surface area contributed by atoms with Crippen LogP contribution in [-0.2, 0) is 22.7 Å². The van der Waals surface area contributed by atoms with Gasteiger partial charge in [0.2, 0.25) is 0 Å². The second kappa shape index (κ2) is 23.2. The molecule has 0 spiro atoms. The maximum absolute atomic E-state index is 12.7. The molecule has 0 aliphatic rings. The van der Waals surface area contributed by atoms with Crippen molar-refractivity contribution < 1.29 is 28.7 Å². The van der Waals surface area contributed by atoms with Crippen LogP contribution in [0.1, 0.15) is 43.0 Å². The van der Waals surface area contributed by atoms with E-state index in [1.807, 2.05) is 74.5 Å². The number of esters is 2. The quantitative estimate of drug-likeness (QED) is 0.0726. The lowest BCUT2D eigenvalue weighted by atomic mass is 10.1. The maximum Gasteiger partial charge on any atom is 0.338 e. The first kappa shape index (κ1) is 46.3. The van der Waals surface area contributed by atoms with Gasteiger partial charge in [0.15, 0.2) is 0 Å². The van der Waals surface area contributed by atoms with Crippen LogP contribution in [0.4, 0.5) is 38.4 Å². The van der Waals surface area contributed by atoms with E-state index in [1.165, 1.54) is 35.6 Å². The zero-order chi connectivity index (χ0) is 44.3. The standard InChI is InChI=1S/C22H23N5O3.C21H19ClN4O3.CH5N/c1-15-9-10-17(21(28)30-13-16-7-5-4-6-8-16)11-18(15)26-22(29)27(3)20-12-19(23-2)24-14-25-20;1-14-8-9-16(20(27)29-12-15-6-4-3-5-7-15)10-17(14)25-21(28)26(2)19-11-18(22)23-13-24-19;1-2/h4-12,14H,13H2,1-3H3,(H,26,29)(H,23,24,25);3-11,13H,12H2,1-2H3,(H,25,28);2H2,1H3. The number of halogens is 1. The molecule has 6 rings (SSSR count). The molecule has 61 heavy (non-hydrogen) atoms. The molecule has 316 valence electrons. The normalized spacial score (nSPS) is 10.0. The van der Waals surface area contributed by atoms with Gasteiger partial charge in [0.25, 0.3) is 0 Å². The number of nitrogens with zero attached hydrogens (tertiary/aromatic N) is 6. The Morgan fingerprint density at radius 1 is 0.607 bits per heavy atom. The first-order valence-electron chi connectivity index (χ1n) is 18.7. The van der Waals surface area contributed by atoms with Crippen LogP contribution in [0, 0.1) is 13.8 Å². The molecule has 0 bridgehead atoms. The van der Waals surface area contributed by atoms with Crippen molar-refractivity contribution in [3.8, 4) is 0 Å². The first-order valence-corrected chi connectivity index (χ1v) is 19.1. The molecule has 2 aromatic heterocycles. The van der Waals surface area contributed by atoms with Crippen LogP contribution in [0.15, 0.2) is 122 Å². The first-order chi connectivity index (χ1) is 29.4. The topological polar surface area (TPSA) is 207 Å². The molecule has 0 saturated heterocycles. The van der Waals surface area contributed by atoms with E-state index in [9.17, 15) is 19.2 Å². The van der Waals surface area contributed by atoms with Crippen molar-refractivity contribution in [1.82, 2.24) is 19.9 Å². The molecule has 6 aromatic rings. The summed E-state index contributed by atoms with van der Waals surface area (Å²) in [7, 11) is 6.39. The third-order valence-electron chi connectivity index (χ3n) is 8.68. The molecule has 2 heterocycles. The highest BCUT2D eigenvalue weighted by Crippen LogP contribution is 2.22. The summed E-state index contributed by atoms with van der Waals surface area (Å²) in [5.74, 6) is 0.443. The van der Waals surface area contributed by atoms with E-state index in [0.717, 1.165) is 22.3 Å². The molecule has 0 unspecified atom stereocenters. The zero-order valence-electron chi connectivity index (χ0n) is 34.5. The van der Waals surface area contributed by atoms with Gasteiger partial charge in [-0.3, -0.25) is 9.80 Å². The van der Waals surface area contributed by atoms with Gasteiger partial charge in [-0.15, -0.1) is 0 Å². The van der Waals surface area contributed by atoms with Crippen molar-refractivity contribution in [2.24, 2.45) is 5.73 Å². The number of urea groups is 2. The Morgan fingerprint density at radius 3 is 1.46 bits per heavy atom. The molecular weight excluding hydrogens is 800 g/mol. The Hall–Kier alpha value is -7.43. The minimum Gasteiger partial charge on any atom is -0.457 e. The lowest BCUT2D eigenvalue weighted by Crippen LogP contribution is -2.32. The van der Waals surface area contributed by atoms with Crippen molar-refractivity contribution in [2.75, 3.05) is 53.9 Å². The average Bonchev–Trinajstić information content (AvgIpc) is 3.29. The van der Waals surface area contributed by atoms with Gasteiger partial charge in [0.1, 0.15) is 48.5 Å². The summed E-state index contributed by atoms with van der Waals surface area (Å²) >= 11 is 5.85. The van der Waals surface area contributed by atoms with Gasteiger partial charge in [-0.1, -0.05) is 84.4 Å². The van der Waals surface area contributed by atoms with Crippen molar-refractivity contribution in [3.05, 3.63) is 160 Å². The Bertz CT molecular complexity index is 2410. The van der Waals surface area contributed by atoms with Crippen molar-refractivity contribution in [3.63, 3.8) is 0 Å². The van der Waals surface area contributed by atoms with Gasteiger partial charge in [-0.05, 0) is 67.4 Å². The molecule has 17 heteroatoms. The molecular formula is C44H47ClN10O6. The monoisotopic (exact) mass is 846 g/mol. The van der Waals surface area contributed by atoms with Crippen LogP contribution in [-0.4, -0.2) is 72.1 Å². The molecule has 4 amide bonds. The van der Waals surface area contributed by atoms with Crippen molar-refractivity contribution in [2.45, 2.75) is 27.1 Å². The van der Waals surface area contributed by atoms with E-state index in [0.29, 0.717) is 40.0 Å². The number of nitrogens with one attached hydrogen (secondary N) is 3. The summed E-state index contributed by atoms with van der Waals surface area (Å²) in [5.41, 5.74) is 9.62. The highest BCUT2D eigenvalue weighted by Gasteiger charge is 2.18. The van der Waals surface area contributed by atoms with Crippen LogP contribution in [0.3, 0.4) is 0 Å². The second-order valence-electron chi connectivity index (χ2n) is 12.9. The molecule has 0 radical (unpaired) electrons. The third kappa shape index (κ3) is 13.8. The number of hydrogen-bond acceptors (Lipinski definition) is 12. The minimum atomic E-state index is -0.472. The molecule has 0 aliphatic heterocycles. The number of ether oxygens (including phenoxy) is 2.